The number of nitrogens with zero attached hydrogens (tertiary/aromatic N) is 1. The molecule has 1 aromatic heterocycles. The molecule has 1 fully saturated rings. The third kappa shape index (κ3) is 3.49. The highest BCUT2D eigenvalue weighted by molar-refractivity contribution is 5.93. The molecule has 108 valence electrons. The van der Waals surface area contributed by atoms with Crippen LogP contribution in [0, 0.1) is 5.92 Å². The molecule has 1 amide bonds. The number of carboxylic acid groups (broad SMARTS) is 1. The van der Waals surface area contributed by atoms with E-state index in [-0.39, 0.29) is 37.3 Å². The number of rotatable bonds is 3. The van der Waals surface area contributed by atoms with E-state index in [9.17, 15) is 18.4 Å². The summed E-state index contributed by atoms with van der Waals surface area (Å²) in [6.45, 7) is 0. The second-order valence-electron chi connectivity index (χ2n) is 4.86. The van der Waals surface area contributed by atoms with Gasteiger partial charge in [-0.15, -0.1) is 0 Å². The van der Waals surface area contributed by atoms with Gasteiger partial charge in [0, 0.05) is 18.8 Å². The first-order valence-corrected chi connectivity index (χ1v) is 6.25. The Morgan fingerprint density at radius 3 is 2.45 bits per heavy atom. The zero-order valence-electron chi connectivity index (χ0n) is 10.6. The monoisotopic (exact) mass is 284 g/mol. The van der Waals surface area contributed by atoms with Crippen LogP contribution < -0.4 is 5.32 Å². The van der Waals surface area contributed by atoms with Crippen molar-refractivity contribution < 1.29 is 23.5 Å². The molecule has 7 heteroatoms. The number of alkyl halides is 2. The number of amides is 1. The fourth-order valence-corrected chi connectivity index (χ4v) is 2.14. The molecule has 0 saturated heterocycles. The van der Waals surface area contributed by atoms with Crippen LogP contribution >= 0.6 is 0 Å². The van der Waals surface area contributed by atoms with E-state index in [1.807, 2.05) is 0 Å². The summed E-state index contributed by atoms with van der Waals surface area (Å²) >= 11 is 0. The van der Waals surface area contributed by atoms with Gasteiger partial charge >= 0.3 is 5.97 Å². The minimum Gasteiger partial charge on any atom is -0.477 e. The molecular weight excluding hydrogens is 270 g/mol. The molecule has 5 nitrogen and oxygen atoms in total. The maximum atomic E-state index is 13.0. The Balaban J connectivity index is 1.93. The number of pyridine rings is 1. The normalized spacial score (nSPS) is 18.5. The molecule has 1 heterocycles. The lowest BCUT2D eigenvalue weighted by Gasteiger charge is -2.27. The number of aromatic carboxylic acids is 1. The largest absolute Gasteiger partial charge is 0.477 e. The molecule has 0 aromatic carbocycles. The van der Waals surface area contributed by atoms with Gasteiger partial charge in [-0.05, 0) is 25.0 Å². The standard InChI is InChI=1S/C13H14F2N2O3/c14-13(15)5-3-8(4-6-13)11(18)17-9-1-2-10(12(19)20)16-7-9/h1-2,7-8H,3-6H2,(H,17,18)(H,19,20). The van der Waals surface area contributed by atoms with Crippen LogP contribution in [0.25, 0.3) is 0 Å². The van der Waals surface area contributed by atoms with E-state index < -0.39 is 17.8 Å². The number of carbonyl (C=O) groups excluding carboxylic acids is 1. The zero-order valence-corrected chi connectivity index (χ0v) is 10.6. The Kier molecular flexibility index (Phi) is 3.96. The summed E-state index contributed by atoms with van der Waals surface area (Å²) in [5.41, 5.74) is 0.234. The van der Waals surface area contributed by atoms with Crippen molar-refractivity contribution in [1.82, 2.24) is 4.98 Å². The highest BCUT2D eigenvalue weighted by atomic mass is 19.3. The van der Waals surface area contributed by atoms with E-state index in [2.05, 4.69) is 10.3 Å². The number of halogens is 2. The molecule has 0 aliphatic heterocycles. The molecule has 0 unspecified atom stereocenters. The van der Waals surface area contributed by atoms with Gasteiger partial charge in [0.15, 0.2) is 0 Å². The first kappa shape index (κ1) is 14.4. The molecule has 0 radical (unpaired) electrons. The van der Waals surface area contributed by atoms with Gasteiger partial charge in [0.1, 0.15) is 5.69 Å². The smallest absolute Gasteiger partial charge is 0.354 e. The molecule has 2 N–H and O–H groups in total. The summed E-state index contributed by atoms with van der Waals surface area (Å²) in [5.74, 6) is -4.59. The van der Waals surface area contributed by atoms with Crippen LogP contribution in [-0.2, 0) is 4.79 Å². The number of nitrogens with one attached hydrogen (secondary N) is 1. The average molecular weight is 284 g/mol. The van der Waals surface area contributed by atoms with Crippen molar-refractivity contribution in [2.24, 2.45) is 5.92 Å². The molecule has 1 aromatic rings. The molecule has 1 aliphatic rings. The fourth-order valence-electron chi connectivity index (χ4n) is 2.14. The predicted molar refractivity (Wildman–Crippen MR) is 66.7 cm³/mol. The number of hydrogen-bond acceptors (Lipinski definition) is 3. The Morgan fingerprint density at radius 2 is 1.95 bits per heavy atom. The molecule has 1 aliphatic carbocycles. The lowest BCUT2D eigenvalue weighted by Crippen LogP contribution is -2.31. The van der Waals surface area contributed by atoms with Gasteiger partial charge in [0.05, 0.1) is 11.9 Å². The number of aromatic nitrogens is 1. The summed E-state index contributed by atoms with van der Waals surface area (Å²) in [6, 6.07) is 2.69. The predicted octanol–water partition coefficient (Wildman–Crippen LogP) is 2.54. The summed E-state index contributed by atoms with van der Waals surface area (Å²) in [7, 11) is 0. The van der Waals surface area contributed by atoms with Crippen LogP contribution in [0.1, 0.15) is 36.2 Å². The third-order valence-corrected chi connectivity index (χ3v) is 3.34. The third-order valence-electron chi connectivity index (χ3n) is 3.34. The minimum absolute atomic E-state index is 0.125. The summed E-state index contributed by atoms with van der Waals surface area (Å²) in [6.07, 6.45) is 0.986. The number of anilines is 1. The van der Waals surface area contributed by atoms with Gasteiger partial charge in [0.2, 0.25) is 11.8 Å². The first-order valence-electron chi connectivity index (χ1n) is 6.25. The summed E-state index contributed by atoms with van der Waals surface area (Å²) < 4.78 is 26.0. The number of carboxylic acids is 1. The Hall–Kier alpha value is -2.05. The van der Waals surface area contributed by atoms with Crippen LogP contribution in [-0.4, -0.2) is 27.9 Å². The van der Waals surface area contributed by atoms with E-state index in [0.29, 0.717) is 5.69 Å². The topological polar surface area (TPSA) is 79.3 Å². The second-order valence-corrected chi connectivity index (χ2v) is 4.86. The molecule has 0 atom stereocenters. The van der Waals surface area contributed by atoms with Crippen molar-refractivity contribution in [3.63, 3.8) is 0 Å². The molecule has 0 bridgehead atoms. The first-order chi connectivity index (χ1) is 9.37. The lowest BCUT2D eigenvalue weighted by atomic mass is 9.86. The average Bonchev–Trinajstić information content (AvgIpc) is 2.39. The van der Waals surface area contributed by atoms with Gasteiger partial charge < -0.3 is 10.4 Å². The number of carbonyl (C=O) groups is 2. The zero-order chi connectivity index (χ0) is 14.8. The highest BCUT2D eigenvalue weighted by Crippen LogP contribution is 2.36. The fraction of sp³-hybridized carbons (Fsp3) is 0.462. The molecule has 20 heavy (non-hydrogen) atoms. The van der Waals surface area contributed by atoms with Crippen molar-refractivity contribution >= 4 is 17.6 Å². The van der Waals surface area contributed by atoms with E-state index in [1.54, 1.807) is 0 Å². The van der Waals surface area contributed by atoms with Crippen molar-refractivity contribution in [3.05, 3.63) is 24.0 Å². The number of hydrogen-bond donors (Lipinski definition) is 2. The maximum absolute atomic E-state index is 13.0. The van der Waals surface area contributed by atoms with Crippen molar-refractivity contribution in [1.29, 1.82) is 0 Å². The van der Waals surface area contributed by atoms with Gasteiger partial charge in [-0.3, -0.25) is 4.79 Å². The summed E-state index contributed by atoms with van der Waals surface area (Å²) in [4.78, 5) is 26.2. The quantitative estimate of drug-likeness (QED) is 0.894. The van der Waals surface area contributed by atoms with Gasteiger partial charge in [-0.2, -0.15) is 0 Å². The van der Waals surface area contributed by atoms with Crippen LogP contribution in [0.2, 0.25) is 0 Å². The van der Waals surface area contributed by atoms with E-state index >= 15 is 0 Å². The maximum Gasteiger partial charge on any atom is 0.354 e. The highest BCUT2D eigenvalue weighted by Gasteiger charge is 2.37. The Labute approximate surface area is 114 Å². The SMILES string of the molecule is O=C(O)c1ccc(NC(=O)C2CCC(F)(F)CC2)cn1. The van der Waals surface area contributed by atoms with Crippen molar-refractivity contribution in [3.8, 4) is 0 Å². The molecule has 1 saturated carbocycles. The lowest BCUT2D eigenvalue weighted by molar-refractivity contribution is -0.124. The Morgan fingerprint density at radius 1 is 1.30 bits per heavy atom. The minimum atomic E-state index is -2.67. The second kappa shape index (κ2) is 5.52. The molecular formula is C13H14F2N2O3. The summed E-state index contributed by atoms with van der Waals surface area (Å²) in [5, 5.41) is 11.3. The van der Waals surface area contributed by atoms with E-state index in [4.69, 9.17) is 5.11 Å². The van der Waals surface area contributed by atoms with Gasteiger partial charge in [-0.1, -0.05) is 0 Å². The van der Waals surface area contributed by atoms with Gasteiger partial charge in [0.25, 0.3) is 0 Å². The van der Waals surface area contributed by atoms with Crippen LogP contribution in [0.4, 0.5) is 14.5 Å². The van der Waals surface area contributed by atoms with Crippen molar-refractivity contribution in [2.45, 2.75) is 31.6 Å². The van der Waals surface area contributed by atoms with Crippen LogP contribution in [0.15, 0.2) is 18.3 Å². The van der Waals surface area contributed by atoms with Crippen molar-refractivity contribution in [2.75, 3.05) is 5.32 Å². The van der Waals surface area contributed by atoms with Crippen LogP contribution in [0.3, 0.4) is 0 Å². The van der Waals surface area contributed by atoms with E-state index in [1.165, 1.54) is 18.3 Å². The van der Waals surface area contributed by atoms with Crippen LogP contribution in [0.5, 0.6) is 0 Å². The molecule has 2 rings (SSSR count). The Bertz CT molecular complexity index is 507. The molecule has 0 spiro atoms. The van der Waals surface area contributed by atoms with Gasteiger partial charge in [-0.25, -0.2) is 18.6 Å². The van der Waals surface area contributed by atoms with E-state index in [0.717, 1.165) is 0 Å².